The smallest absolute Gasteiger partial charge is 0.0784 e. The molecule has 0 fully saturated rings. The largest absolute Gasteiger partial charge is 0.388 e. The first-order chi connectivity index (χ1) is 8.75. The fourth-order valence-electron chi connectivity index (χ4n) is 2.12. The second-order valence-corrected chi connectivity index (χ2v) is 4.86. The van der Waals surface area contributed by atoms with Crippen LogP contribution in [0.5, 0.6) is 0 Å². The molecule has 0 heterocycles. The summed E-state index contributed by atoms with van der Waals surface area (Å²) < 4.78 is 0. The van der Waals surface area contributed by atoms with Gasteiger partial charge in [0, 0.05) is 12.5 Å². The van der Waals surface area contributed by atoms with Crippen LogP contribution in [0.15, 0.2) is 54.1 Å². The highest BCUT2D eigenvalue weighted by Gasteiger charge is 2.12. The maximum atomic E-state index is 9.57. The molecule has 0 aliphatic heterocycles. The van der Waals surface area contributed by atoms with E-state index < -0.39 is 0 Å². The van der Waals surface area contributed by atoms with Crippen molar-refractivity contribution in [3.63, 3.8) is 0 Å². The molecule has 0 saturated carbocycles. The third-order valence-electron chi connectivity index (χ3n) is 3.29. The minimum absolute atomic E-state index is 0.235. The van der Waals surface area contributed by atoms with Gasteiger partial charge in [0.2, 0.25) is 0 Å². The standard InChI is InChI=1S/C16H21NO/c1-13-11-14(7-8-16(13)18)9-10-17-12-15-5-3-2-4-6-15/h2-8,11,13,16-18H,9-10,12H2,1H3. The number of aliphatic hydroxyl groups is 1. The molecule has 0 aromatic heterocycles. The van der Waals surface area contributed by atoms with E-state index >= 15 is 0 Å². The van der Waals surface area contributed by atoms with Crippen LogP contribution in [0.25, 0.3) is 0 Å². The molecule has 2 nitrogen and oxygen atoms in total. The summed E-state index contributed by atoms with van der Waals surface area (Å²) in [5, 5.41) is 13.0. The minimum Gasteiger partial charge on any atom is -0.388 e. The quantitative estimate of drug-likeness (QED) is 0.779. The number of hydrogen-bond donors (Lipinski definition) is 2. The van der Waals surface area contributed by atoms with Gasteiger partial charge in [0.05, 0.1) is 6.10 Å². The van der Waals surface area contributed by atoms with Gasteiger partial charge < -0.3 is 10.4 Å². The van der Waals surface area contributed by atoms with Crippen LogP contribution in [0.1, 0.15) is 18.9 Å². The van der Waals surface area contributed by atoms with Crippen LogP contribution < -0.4 is 5.32 Å². The van der Waals surface area contributed by atoms with E-state index in [1.165, 1.54) is 11.1 Å². The molecular formula is C16H21NO. The van der Waals surface area contributed by atoms with Crippen LogP contribution in [-0.2, 0) is 6.54 Å². The van der Waals surface area contributed by atoms with Gasteiger partial charge in [-0.1, -0.05) is 61.1 Å². The Morgan fingerprint density at radius 3 is 2.72 bits per heavy atom. The third kappa shape index (κ3) is 3.83. The van der Waals surface area contributed by atoms with Gasteiger partial charge in [0.15, 0.2) is 0 Å². The van der Waals surface area contributed by atoms with Crippen molar-refractivity contribution in [3.8, 4) is 0 Å². The molecule has 1 aromatic rings. The van der Waals surface area contributed by atoms with Crippen LogP contribution in [0.2, 0.25) is 0 Å². The molecule has 96 valence electrons. The Kier molecular flexibility index (Phi) is 4.73. The van der Waals surface area contributed by atoms with E-state index in [0.717, 1.165) is 19.5 Å². The monoisotopic (exact) mass is 243 g/mol. The topological polar surface area (TPSA) is 32.3 Å². The third-order valence-corrected chi connectivity index (χ3v) is 3.29. The molecule has 1 aliphatic rings. The summed E-state index contributed by atoms with van der Waals surface area (Å²) in [7, 11) is 0. The van der Waals surface area contributed by atoms with E-state index in [0.29, 0.717) is 0 Å². The molecule has 1 aliphatic carbocycles. The molecule has 0 saturated heterocycles. The first kappa shape index (κ1) is 13.1. The first-order valence-electron chi connectivity index (χ1n) is 6.57. The average Bonchev–Trinajstić information content (AvgIpc) is 2.40. The van der Waals surface area contributed by atoms with Crippen molar-refractivity contribution in [3.05, 3.63) is 59.7 Å². The van der Waals surface area contributed by atoms with E-state index in [1.807, 2.05) is 25.1 Å². The zero-order valence-electron chi connectivity index (χ0n) is 10.8. The molecule has 2 rings (SSSR count). The van der Waals surface area contributed by atoms with Gasteiger partial charge in [-0.05, 0) is 18.5 Å². The van der Waals surface area contributed by atoms with Crippen molar-refractivity contribution in [1.82, 2.24) is 5.32 Å². The highest BCUT2D eigenvalue weighted by atomic mass is 16.3. The molecule has 2 N–H and O–H groups in total. The SMILES string of the molecule is CC1C=C(CCNCc2ccccc2)C=CC1O. The number of aliphatic hydroxyl groups excluding tert-OH is 1. The second kappa shape index (κ2) is 6.53. The number of benzene rings is 1. The second-order valence-electron chi connectivity index (χ2n) is 4.86. The van der Waals surface area contributed by atoms with E-state index in [9.17, 15) is 5.11 Å². The number of rotatable bonds is 5. The summed E-state index contributed by atoms with van der Waals surface area (Å²) in [6.45, 7) is 3.93. The van der Waals surface area contributed by atoms with Crippen LogP contribution >= 0.6 is 0 Å². The molecule has 2 atom stereocenters. The molecule has 0 amide bonds. The van der Waals surface area contributed by atoms with E-state index in [2.05, 4.69) is 35.7 Å². The van der Waals surface area contributed by atoms with Crippen molar-refractivity contribution in [1.29, 1.82) is 0 Å². The van der Waals surface area contributed by atoms with E-state index in [-0.39, 0.29) is 12.0 Å². The Bertz CT molecular complexity index is 422. The average molecular weight is 243 g/mol. The van der Waals surface area contributed by atoms with Crippen LogP contribution in [-0.4, -0.2) is 17.8 Å². The van der Waals surface area contributed by atoms with Gasteiger partial charge in [0.25, 0.3) is 0 Å². The number of allylic oxidation sites excluding steroid dienone is 1. The summed E-state index contributed by atoms with van der Waals surface area (Å²) in [6.07, 6.45) is 6.78. The summed E-state index contributed by atoms with van der Waals surface area (Å²) in [6, 6.07) is 10.4. The predicted molar refractivity (Wildman–Crippen MR) is 75.2 cm³/mol. The molecular weight excluding hydrogens is 222 g/mol. The zero-order chi connectivity index (χ0) is 12.8. The summed E-state index contributed by atoms with van der Waals surface area (Å²) >= 11 is 0. The lowest BCUT2D eigenvalue weighted by Gasteiger charge is -2.18. The van der Waals surface area contributed by atoms with Crippen molar-refractivity contribution in [2.45, 2.75) is 26.0 Å². The summed E-state index contributed by atoms with van der Waals surface area (Å²) in [4.78, 5) is 0. The van der Waals surface area contributed by atoms with E-state index in [4.69, 9.17) is 0 Å². The molecule has 0 radical (unpaired) electrons. The van der Waals surface area contributed by atoms with Crippen molar-refractivity contribution in [2.24, 2.45) is 5.92 Å². The van der Waals surface area contributed by atoms with Gasteiger partial charge in [-0.3, -0.25) is 0 Å². The Morgan fingerprint density at radius 1 is 1.22 bits per heavy atom. The van der Waals surface area contributed by atoms with Gasteiger partial charge in [-0.15, -0.1) is 0 Å². The summed E-state index contributed by atoms with van der Waals surface area (Å²) in [5.41, 5.74) is 2.63. The Labute approximate surface area is 109 Å². The fourth-order valence-corrected chi connectivity index (χ4v) is 2.12. The maximum Gasteiger partial charge on any atom is 0.0784 e. The first-order valence-corrected chi connectivity index (χ1v) is 6.57. The highest BCUT2D eigenvalue weighted by molar-refractivity contribution is 5.26. The summed E-state index contributed by atoms with van der Waals surface area (Å²) in [5.74, 6) is 0.235. The molecule has 0 bridgehead atoms. The molecule has 0 spiro atoms. The van der Waals surface area contributed by atoms with Crippen LogP contribution in [0.3, 0.4) is 0 Å². The van der Waals surface area contributed by atoms with Gasteiger partial charge in [-0.2, -0.15) is 0 Å². The van der Waals surface area contributed by atoms with Gasteiger partial charge in [-0.25, -0.2) is 0 Å². The Balaban J connectivity index is 1.70. The fraction of sp³-hybridized carbons (Fsp3) is 0.375. The van der Waals surface area contributed by atoms with Gasteiger partial charge >= 0.3 is 0 Å². The lowest BCUT2D eigenvalue weighted by atomic mass is 9.94. The predicted octanol–water partition coefficient (Wildman–Crippen LogP) is 2.66. The normalized spacial score (nSPS) is 22.9. The maximum absolute atomic E-state index is 9.57. The lowest BCUT2D eigenvalue weighted by molar-refractivity contribution is 0.183. The Morgan fingerprint density at radius 2 is 2.00 bits per heavy atom. The highest BCUT2D eigenvalue weighted by Crippen LogP contribution is 2.18. The number of nitrogens with one attached hydrogen (secondary N) is 1. The Hall–Kier alpha value is -1.38. The van der Waals surface area contributed by atoms with Crippen LogP contribution in [0.4, 0.5) is 0 Å². The molecule has 18 heavy (non-hydrogen) atoms. The van der Waals surface area contributed by atoms with Gasteiger partial charge in [0.1, 0.15) is 0 Å². The zero-order valence-corrected chi connectivity index (χ0v) is 10.8. The van der Waals surface area contributed by atoms with E-state index in [1.54, 1.807) is 0 Å². The van der Waals surface area contributed by atoms with Crippen LogP contribution in [0, 0.1) is 5.92 Å². The van der Waals surface area contributed by atoms with Crippen molar-refractivity contribution >= 4 is 0 Å². The molecule has 1 aromatic carbocycles. The molecule has 2 unspecified atom stereocenters. The minimum atomic E-state index is -0.314. The number of hydrogen-bond acceptors (Lipinski definition) is 2. The molecule has 2 heteroatoms. The lowest BCUT2D eigenvalue weighted by Crippen LogP contribution is -2.18. The van der Waals surface area contributed by atoms with Crippen molar-refractivity contribution < 1.29 is 5.11 Å². The van der Waals surface area contributed by atoms with Crippen molar-refractivity contribution in [2.75, 3.05) is 6.54 Å².